The number of ether oxygens (including phenoxy) is 1. The molecule has 0 aliphatic rings. The molecular weight excluding hydrogens is 290 g/mol. The highest BCUT2D eigenvalue weighted by atomic mass is 79.9. The molecule has 102 valence electrons. The number of rotatable bonds is 9. The zero-order chi connectivity index (χ0) is 13.2. The van der Waals surface area contributed by atoms with Gasteiger partial charge in [-0.2, -0.15) is 0 Å². The van der Waals surface area contributed by atoms with E-state index in [-0.39, 0.29) is 0 Å². The lowest BCUT2D eigenvalue weighted by molar-refractivity contribution is 0.117. The van der Waals surface area contributed by atoms with Crippen molar-refractivity contribution < 1.29 is 4.74 Å². The minimum atomic E-state index is 0.595. The first-order valence-electron chi connectivity index (χ1n) is 6.74. The summed E-state index contributed by atoms with van der Waals surface area (Å²) >= 11 is 3.46. The third-order valence-electron chi connectivity index (χ3n) is 2.68. The lowest BCUT2D eigenvalue weighted by Gasteiger charge is -2.08. The molecule has 1 aromatic carbocycles. The number of hydrogen-bond acceptors (Lipinski definition) is 2. The predicted molar refractivity (Wildman–Crippen MR) is 80.8 cm³/mol. The highest BCUT2D eigenvalue weighted by Gasteiger charge is 1.95. The Labute approximate surface area is 119 Å². The van der Waals surface area contributed by atoms with Crippen LogP contribution in [0.5, 0.6) is 0 Å². The molecule has 0 saturated heterocycles. The van der Waals surface area contributed by atoms with Gasteiger partial charge in [0.05, 0.1) is 6.61 Å². The Balaban J connectivity index is 1.96. The van der Waals surface area contributed by atoms with Crippen LogP contribution in [-0.2, 0) is 11.3 Å². The van der Waals surface area contributed by atoms with Gasteiger partial charge >= 0.3 is 0 Å². The van der Waals surface area contributed by atoms with Crippen LogP contribution in [0.3, 0.4) is 0 Å². The van der Waals surface area contributed by atoms with E-state index in [0.717, 1.165) is 24.0 Å². The van der Waals surface area contributed by atoms with Crippen LogP contribution >= 0.6 is 15.9 Å². The summed E-state index contributed by atoms with van der Waals surface area (Å²) in [6.45, 7) is 7.05. The summed E-state index contributed by atoms with van der Waals surface area (Å²) in [5, 5.41) is 3.42. The number of nitrogens with one attached hydrogen (secondary N) is 1. The van der Waals surface area contributed by atoms with Crippen LogP contribution in [0.15, 0.2) is 28.7 Å². The molecule has 0 fully saturated rings. The monoisotopic (exact) mass is 313 g/mol. The van der Waals surface area contributed by atoms with Gasteiger partial charge in [-0.1, -0.05) is 41.9 Å². The largest absolute Gasteiger partial charge is 0.377 e. The molecule has 18 heavy (non-hydrogen) atoms. The molecule has 1 N–H and O–H groups in total. The summed E-state index contributed by atoms with van der Waals surface area (Å²) in [4.78, 5) is 0. The number of halogens is 1. The molecule has 0 spiro atoms. The van der Waals surface area contributed by atoms with E-state index in [1.54, 1.807) is 0 Å². The Bertz CT molecular complexity index is 328. The fourth-order valence-electron chi connectivity index (χ4n) is 1.71. The molecule has 0 aliphatic carbocycles. The zero-order valence-electron chi connectivity index (χ0n) is 11.4. The number of benzene rings is 1. The third kappa shape index (κ3) is 7.85. The molecule has 0 atom stereocenters. The Morgan fingerprint density at radius 2 is 2.06 bits per heavy atom. The van der Waals surface area contributed by atoms with Crippen LogP contribution in [0.25, 0.3) is 0 Å². The summed E-state index contributed by atoms with van der Waals surface area (Å²) < 4.78 is 6.78. The lowest BCUT2D eigenvalue weighted by Crippen LogP contribution is -2.23. The zero-order valence-corrected chi connectivity index (χ0v) is 13.0. The van der Waals surface area contributed by atoms with Gasteiger partial charge in [0.2, 0.25) is 0 Å². The van der Waals surface area contributed by atoms with Crippen molar-refractivity contribution in [2.24, 2.45) is 0 Å². The van der Waals surface area contributed by atoms with Crippen LogP contribution < -0.4 is 5.32 Å². The molecule has 1 rings (SSSR count). The summed E-state index contributed by atoms with van der Waals surface area (Å²) in [6.07, 6.45) is 3.62. The second kappa shape index (κ2) is 9.54. The highest BCUT2D eigenvalue weighted by molar-refractivity contribution is 9.10. The van der Waals surface area contributed by atoms with E-state index in [4.69, 9.17) is 4.74 Å². The van der Waals surface area contributed by atoms with Crippen molar-refractivity contribution in [1.29, 1.82) is 0 Å². The first kappa shape index (κ1) is 15.7. The summed E-state index contributed by atoms with van der Waals surface area (Å²) in [6, 6.07) is 8.87. The van der Waals surface area contributed by atoms with E-state index in [0.29, 0.717) is 12.6 Å². The van der Waals surface area contributed by atoms with Gasteiger partial charge in [0.15, 0.2) is 0 Å². The van der Waals surface area contributed by atoms with Crippen molar-refractivity contribution in [3.8, 4) is 0 Å². The van der Waals surface area contributed by atoms with Crippen LogP contribution in [-0.4, -0.2) is 19.2 Å². The third-order valence-corrected chi connectivity index (χ3v) is 3.17. The molecule has 2 nitrogen and oxygen atoms in total. The minimum Gasteiger partial charge on any atom is -0.377 e. The fourth-order valence-corrected chi connectivity index (χ4v) is 2.16. The van der Waals surface area contributed by atoms with Crippen LogP contribution in [0.2, 0.25) is 0 Å². The average molecular weight is 314 g/mol. The molecule has 0 amide bonds. The Morgan fingerprint density at radius 1 is 1.22 bits per heavy atom. The number of hydrogen-bond donors (Lipinski definition) is 1. The standard InChI is InChI=1S/C15H24BrNO/c1-13(2)17-9-4-3-5-10-18-12-14-7-6-8-15(16)11-14/h6-8,11,13,17H,3-5,9-10,12H2,1-2H3. The minimum absolute atomic E-state index is 0.595. The van der Waals surface area contributed by atoms with Gasteiger partial charge in [0, 0.05) is 17.1 Å². The van der Waals surface area contributed by atoms with Crippen molar-refractivity contribution in [3.63, 3.8) is 0 Å². The summed E-state index contributed by atoms with van der Waals surface area (Å²) in [5.74, 6) is 0. The maximum Gasteiger partial charge on any atom is 0.0717 e. The lowest BCUT2D eigenvalue weighted by atomic mass is 10.2. The first-order valence-corrected chi connectivity index (χ1v) is 7.53. The SMILES string of the molecule is CC(C)NCCCCCOCc1cccc(Br)c1. The van der Waals surface area contributed by atoms with Crippen molar-refractivity contribution in [2.45, 2.75) is 45.8 Å². The predicted octanol–water partition coefficient (Wildman–Crippen LogP) is 4.13. The van der Waals surface area contributed by atoms with Crippen molar-refractivity contribution in [3.05, 3.63) is 34.3 Å². The fraction of sp³-hybridized carbons (Fsp3) is 0.600. The topological polar surface area (TPSA) is 21.3 Å². The van der Waals surface area contributed by atoms with E-state index in [2.05, 4.69) is 47.2 Å². The van der Waals surface area contributed by atoms with E-state index < -0.39 is 0 Å². The molecular formula is C15H24BrNO. The first-order chi connectivity index (χ1) is 8.68. The van der Waals surface area contributed by atoms with Gasteiger partial charge in [0.1, 0.15) is 0 Å². The van der Waals surface area contributed by atoms with Crippen molar-refractivity contribution in [2.75, 3.05) is 13.2 Å². The van der Waals surface area contributed by atoms with Gasteiger partial charge in [-0.05, 0) is 43.5 Å². The maximum absolute atomic E-state index is 5.66. The van der Waals surface area contributed by atoms with E-state index >= 15 is 0 Å². The average Bonchev–Trinajstić information content (AvgIpc) is 2.32. The molecule has 1 aromatic rings. The van der Waals surface area contributed by atoms with E-state index in [1.807, 2.05) is 12.1 Å². The summed E-state index contributed by atoms with van der Waals surface area (Å²) in [5.41, 5.74) is 1.23. The Hall–Kier alpha value is -0.380. The molecule has 0 unspecified atom stereocenters. The maximum atomic E-state index is 5.66. The van der Waals surface area contributed by atoms with Crippen LogP contribution in [0, 0.1) is 0 Å². The molecule has 0 aliphatic heterocycles. The Morgan fingerprint density at radius 3 is 2.78 bits per heavy atom. The molecule has 0 aromatic heterocycles. The van der Waals surface area contributed by atoms with Gasteiger partial charge < -0.3 is 10.1 Å². The number of unbranched alkanes of at least 4 members (excludes halogenated alkanes) is 2. The summed E-state index contributed by atoms with van der Waals surface area (Å²) in [7, 11) is 0. The molecule has 0 bridgehead atoms. The van der Waals surface area contributed by atoms with Crippen molar-refractivity contribution >= 4 is 15.9 Å². The van der Waals surface area contributed by atoms with Gasteiger partial charge in [-0.3, -0.25) is 0 Å². The van der Waals surface area contributed by atoms with Crippen molar-refractivity contribution in [1.82, 2.24) is 5.32 Å². The quantitative estimate of drug-likeness (QED) is 0.692. The highest BCUT2D eigenvalue weighted by Crippen LogP contribution is 2.12. The van der Waals surface area contributed by atoms with Crippen LogP contribution in [0.1, 0.15) is 38.7 Å². The second-order valence-corrected chi connectivity index (χ2v) is 5.77. The van der Waals surface area contributed by atoms with Gasteiger partial charge in [0.25, 0.3) is 0 Å². The molecule has 0 saturated carbocycles. The second-order valence-electron chi connectivity index (χ2n) is 4.85. The molecule has 0 radical (unpaired) electrons. The van der Waals surface area contributed by atoms with Gasteiger partial charge in [-0.25, -0.2) is 0 Å². The Kier molecular flexibility index (Phi) is 8.31. The normalized spacial score (nSPS) is 11.1. The van der Waals surface area contributed by atoms with E-state index in [9.17, 15) is 0 Å². The molecule has 0 heterocycles. The van der Waals surface area contributed by atoms with Crippen LogP contribution in [0.4, 0.5) is 0 Å². The van der Waals surface area contributed by atoms with Gasteiger partial charge in [-0.15, -0.1) is 0 Å². The molecule has 3 heteroatoms. The smallest absolute Gasteiger partial charge is 0.0717 e. The van der Waals surface area contributed by atoms with E-state index in [1.165, 1.54) is 18.4 Å².